The first-order valence-electron chi connectivity index (χ1n) is 6.81. The number of hydrogen-bond acceptors (Lipinski definition) is 4. The van der Waals surface area contributed by atoms with Gasteiger partial charge in [0.15, 0.2) is 0 Å². The number of rotatable bonds is 3. The fourth-order valence-electron chi connectivity index (χ4n) is 2.76. The van der Waals surface area contributed by atoms with Crippen molar-refractivity contribution in [3.8, 4) is 5.75 Å². The van der Waals surface area contributed by atoms with E-state index in [1.807, 2.05) is 48.5 Å². The Hall–Kier alpha value is -2.56. The van der Waals surface area contributed by atoms with Crippen LogP contribution in [-0.4, -0.2) is 18.1 Å². The third-order valence-electron chi connectivity index (χ3n) is 3.89. The first kappa shape index (κ1) is 13.4. The Morgan fingerprint density at radius 3 is 2.57 bits per heavy atom. The second kappa shape index (κ2) is 5.44. The van der Waals surface area contributed by atoms with Gasteiger partial charge in [0.2, 0.25) is 6.04 Å². The number of nitro groups is 1. The van der Waals surface area contributed by atoms with Crippen LogP contribution >= 0.6 is 0 Å². The number of methoxy groups -OCH3 is 1. The van der Waals surface area contributed by atoms with Gasteiger partial charge in [0.25, 0.3) is 0 Å². The van der Waals surface area contributed by atoms with Crippen molar-refractivity contribution in [1.29, 1.82) is 0 Å². The number of nitrogens with one attached hydrogen (secondary N) is 1. The lowest BCUT2D eigenvalue weighted by molar-refractivity contribution is -0.525. The molecular weight excluding hydrogens is 268 g/mol. The zero-order valence-electron chi connectivity index (χ0n) is 11.7. The second-order valence-electron chi connectivity index (χ2n) is 5.11. The number of benzene rings is 2. The lowest BCUT2D eigenvalue weighted by atomic mass is 9.89. The van der Waals surface area contributed by atoms with Crippen molar-refractivity contribution in [2.45, 2.75) is 18.5 Å². The Kier molecular flexibility index (Phi) is 3.48. The minimum absolute atomic E-state index is 0.197. The van der Waals surface area contributed by atoms with E-state index in [0.717, 1.165) is 22.6 Å². The maximum Gasteiger partial charge on any atom is 0.241 e. The van der Waals surface area contributed by atoms with Gasteiger partial charge < -0.3 is 10.1 Å². The molecule has 2 aromatic rings. The summed E-state index contributed by atoms with van der Waals surface area (Å²) in [6.07, 6.45) is 0.437. The fraction of sp³-hybridized carbons (Fsp3) is 0.250. The third-order valence-corrected chi connectivity index (χ3v) is 3.89. The molecule has 1 N–H and O–H groups in total. The first-order chi connectivity index (χ1) is 10.2. The lowest BCUT2D eigenvalue weighted by Crippen LogP contribution is -2.38. The van der Waals surface area contributed by atoms with Crippen LogP contribution in [0.4, 0.5) is 5.69 Å². The van der Waals surface area contributed by atoms with E-state index in [0.29, 0.717) is 6.42 Å². The van der Waals surface area contributed by atoms with Crippen LogP contribution in [0.25, 0.3) is 0 Å². The second-order valence-corrected chi connectivity index (χ2v) is 5.11. The number of hydrogen-bond donors (Lipinski definition) is 1. The minimum Gasteiger partial charge on any atom is -0.497 e. The Balaban J connectivity index is 1.96. The molecule has 108 valence electrons. The van der Waals surface area contributed by atoms with E-state index < -0.39 is 6.04 Å². The molecule has 1 aliphatic heterocycles. The predicted octanol–water partition coefficient (Wildman–Crippen LogP) is 3.05. The van der Waals surface area contributed by atoms with Gasteiger partial charge in [-0.1, -0.05) is 30.3 Å². The largest absolute Gasteiger partial charge is 0.497 e. The topological polar surface area (TPSA) is 64.4 Å². The van der Waals surface area contributed by atoms with Gasteiger partial charge in [0.05, 0.1) is 7.11 Å². The van der Waals surface area contributed by atoms with Crippen LogP contribution in [0.15, 0.2) is 48.5 Å². The van der Waals surface area contributed by atoms with Gasteiger partial charge in [0, 0.05) is 17.0 Å². The number of ether oxygens (including phenoxy) is 1. The molecule has 5 nitrogen and oxygen atoms in total. The average molecular weight is 284 g/mol. The van der Waals surface area contributed by atoms with Gasteiger partial charge in [-0.25, -0.2) is 0 Å². The molecule has 2 aromatic carbocycles. The van der Waals surface area contributed by atoms with Gasteiger partial charge >= 0.3 is 0 Å². The molecule has 5 heteroatoms. The Labute approximate surface area is 122 Å². The van der Waals surface area contributed by atoms with Crippen molar-refractivity contribution in [2.75, 3.05) is 12.4 Å². The highest BCUT2D eigenvalue weighted by Gasteiger charge is 2.37. The van der Waals surface area contributed by atoms with Gasteiger partial charge in [-0.2, -0.15) is 0 Å². The van der Waals surface area contributed by atoms with Crippen molar-refractivity contribution >= 4 is 5.69 Å². The third kappa shape index (κ3) is 2.54. The molecule has 21 heavy (non-hydrogen) atoms. The summed E-state index contributed by atoms with van der Waals surface area (Å²) < 4.78 is 5.13. The Bertz CT molecular complexity index is 655. The summed E-state index contributed by atoms with van der Waals surface area (Å²) in [7, 11) is 1.60. The summed E-state index contributed by atoms with van der Waals surface area (Å²) in [4.78, 5) is 11.2. The van der Waals surface area contributed by atoms with Crippen LogP contribution in [0, 0.1) is 10.1 Å². The zero-order valence-corrected chi connectivity index (χ0v) is 11.7. The highest BCUT2D eigenvalue weighted by Crippen LogP contribution is 2.34. The quantitative estimate of drug-likeness (QED) is 0.695. The molecule has 0 spiro atoms. The van der Waals surface area contributed by atoms with E-state index in [9.17, 15) is 10.1 Å². The number of para-hydroxylation sites is 1. The molecular formula is C16H16N2O3. The number of fused-ring (bicyclic) bond motifs is 1. The van der Waals surface area contributed by atoms with Crippen LogP contribution in [0.2, 0.25) is 0 Å². The molecule has 2 atom stereocenters. The monoisotopic (exact) mass is 284 g/mol. The number of anilines is 1. The normalized spacial score (nSPS) is 20.2. The summed E-state index contributed by atoms with van der Waals surface area (Å²) in [6.45, 7) is 0. The molecule has 0 radical (unpaired) electrons. The van der Waals surface area contributed by atoms with Crippen LogP contribution < -0.4 is 10.1 Å². The zero-order chi connectivity index (χ0) is 14.8. The van der Waals surface area contributed by atoms with Crippen LogP contribution in [0.3, 0.4) is 0 Å². The van der Waals surface area contributed by atoms with E-state index in [1.165, 1.54) is 0 Å². The standard InChI is InChI=1S/C16H16N2O3/c1-21-13-8-6-11(7-9-13)16-15(18(19)20)10-12-4-2-3-5-14(12)17-16/h2-9,15-17H,10H2,1H3/t15-,16-/m0/s1. The maximum absolute atomic E-state index is 11.4. The summed E-state index contributed by atoms with van der Waals surface area (Å²) in [5.74, 6) is 0.743. The van der Waals surface area contributed by atoms with Crippen molar-refractivity contribution in [2.24, 2.45) is 0 Å². The van der Waals surface area contributed by atoms with E-state index in [2.05, 4.69) is 5.32 Å². The van der Waals surface area contributed by atoms with Gasteiger partial charge in [0.1, 0.15) is 11.8 Å². The lowest BCUT2D eigenvalue weighted by Gasteiger charge is -2.30. The highest BCUT2D eigenvalue weighted by atomic mass is 16.6. The average Bonchev–Trinajstić information content (AvgIpc) is 2.53. The van der Waals surface area contributed by atoms with Crippen LogP contribution in [-0.2, 0) is 6.42 Å². The molecule has 0 amide bonds. The van der Waals surface area contributed by atoms with E-state index >= 15 is 0 Å². The molecule has 0 saturated heterocycles. The van der Waals surface area contributed by atoms with Crippen LogP contribution in [0.5, 0.6) is 5.75 Å². The van der Waals surface area contributed by atoms with E-state index in [1.54, 1.807) is 7.11 Å². The molecule has 1 heterocycles. The smallest absolute Gasteiger partial charge is 0.241 e. The van der Waals surface area contributed by atoms with E-state index in [4.69, 9.17) is 4.74 Å². The highest BCUT2D eigenvalue weighted by molar-refractivity contribution is 5.56. The molecule has 0 unspecified atom stereocenters. The molecule has 0 saturated carbocycles. The van der Waals surface area contributed by atoms with Crippen molar-refractivity contribution in [3.63, 3.8) is 0 Å². The van der Waals surface area contributed by atoms with Crippen LogP contribution in [0.1, 0.15) is 17.2 Å². The minimum atomic E-state index is -0.673. The summed E-state index contributed by atoms with van der Waals surface area (Å²) >= 11 is 0. The summed E-state index contributed by atoms with van der Waals surface area (Å²) in [6, 6.07) is 14.1. The maximum atomic E-state index is 11.4. The van der Waals surface area contributed by atoms with Gasteiger partial charge in [-0.3, -0.25) is 10.1 Å². The molecule has 1 aliphatic rings. The molecule has 3 rings (SSSR count). The van der Waals surface area contributed by atoms with Crippen molar-refractivity contribution in [3.05, 3.63) is 69.8 Å². The van der Waals surface area contributed by atoms with E-state index in [-0.39, 0.29) is 11.0 Å². The SMILES string of the molecule is COc1ccc([C@@H]2Nc3ccccc3C[C@@H]2[N+](=O)[O-])cc1. The summed E-state index contributed by atoms with van der Waals surface area (Å²) in [5, 5.41) is 14.7. The molecule has 0 bridgehead atoms. The fourth-order valence-corrected chi connectivity index (χ4v) is 2.76. The van der Waals surface area contributed by atoms with Crippen molar-refractivity contribution < 1.29 is 9.66 Å². The predicted molar refractivity (Wildman–Crippen MR) is 80.3 cm³/mol. The molecule has 0 fully saturated rings. The summed E-state index contributed by atoms with van der Waals surface area (Å²) in [5.41, 5.74) is 2.85. The Morgan fingerprint density at radius 2 is 1.90 bits per heavy atom. The molecule has 0 aliphatic carbocycles. The Morgan fingerprint density at radius 1 is 1.19 bits per heavy atom. The van der Waals surface area contributed by atoms with Crippen molar-refractivity contribution in [1.82, 2.24) is 0 Å². The molecule has 0 aromatic heterocycles. The van der Waals surface area contributed by atoms with Gasteiger partial charge in [-0.05, 0) is 29.3 Å². The number of nitrogens with zero attached hydrogens (tertiary/aromatic N) is 1. The first-order valence-corrected chi connectivity index (χ1v) is 6.81. The van der Waals surface area contributed by atoms with Gasteiger partial charge in [-0.15, -0.1) is 0 Å².